The lowest BCUT2D eigenvalue weighted by Gasteiger charge is -2.25. The first-order chi connectivity index (χ1) is 39.1. The zero-order chi connectivity index (χ0) is 58.3. The third kappa shape index (κ3) is 62.6. The zero-order valence-corrected chi connectivity index (χ0v) is 53.2. The number of hydrogen-bond acceptors (Lipinski definition) is 7. The Morgan fingerprint density at radius 3 is 1.06 bits per heavy atom. The van der Waals surface area contributed by atoms with Crippen molar-refractivity contribution in [2.75, 3.05) is 47.5 Å². The summed E-state index contributed by atoms with van der Waals surface area (Å²) in [7, 11) is 5.98. The Kier molecular flexibility index (Phi) is 59.7. The highest BCUT2D eigenvalue weighted by Gasteiger charge is 2.25. The molecule has 0 aromatic carbocycles. The Balaban J connectivity index is 4.01. The summed E-state index contributed by atoms with van der Waals surface area (Å²) < 4.78 is 23.0. The lowest BCUT2D eigenvalue weighted by atomic mass is 10.0. The second-order valence-electron chi connectivity index (χ2n) is 24.1. The van der Waals surface area contributed by atoms with Crippen molar-refractivity contribution in [2.45, 2.75) is 328 Å². The minimum atomic E-state index is -1.51. The fraction of sp³-hybridized carbons (Fsp3) is 0.817. The number of carbonyl (C=O) groups excluding carboxylic acids is 2. The normalized spacial score (nSPS) is 13.1. The van der Waals surface area contributed by atoms with Gasteiger partial charge in [-0.1, -0.05) is 306 Å². The molecule has 0 aliphatic rings. The van der Waals surface area contributed by atoms with E-state index >= 15 is 0 Å². The van der Waals surface area contributed by atoms with Crippen molar-refractivity contribution in [2.24, 2.45) is 0 Å². The Bertz CT molecular complexity index is 1500. The standard InChI is InChI=1S/C71H129NO8/c1-6-8-10-12-14-16-18-20-22-24-26-27-28-29-30-31-32-33-34-35-36-37-38-39-40-41-42-43-44-46-48-50-52-54-56-58-60-62-69(74)80-67(66-79-71(70(75)76)77-64-63-72(3,4)5)65-78-68(73)61-59-57-55-53-51-49-47-45-25-23-21-19-17-15-13-11-9-7-2/h8,10,14,16,20,22,26-27,29-30,67,71H,6-7,9,11-13,15,17-19,21,23-25,28,31-66H2,1-5H3/p+1/b10-8-,16-14-,22-20-,27-26-,30-29-. The third-order valence-electron chi connectivity index (χ3n) is 15.0. The molecular formula is C71H130NO8+. The molecule has 0 bridgehead atoms. The third-order valence-corrected chi connectivity index (χ3v) is 15.0. The summed E-state index contributed by atoms with van der Waals surface area (Å²) in [5, 5.41) is 9.73. The minimum absolute atomic E-state index is 0.176. The molecule has 0 spiro atoms. The van der Waals surface area contributed by atoms with E-state index in [0.29, 0.717) is 17.4 Å². The number of nitrogens with zero attached hydrogens (tertiary/aromatic N) is 1. The summed E-state index contributed by atoms with van der Waals surface area (Å²) in [6.07, 6.45) is 77.6. The number of quaternary nitrogens is 1. The molecule has 0 rings (SSSR count). The van der Waals surface area contributed by atoms with Crippen LogP contribution in [0.2, 0.25) is 0 Å². The van der Waals surface area contributed by atoms with E-state index in [4.69, 9.17) is 18.9 Å². The largest absolute Gasteiger partial charge is 0.477 e. The SMILES string of the molecule is CC/C=C\C/C=C\C/C=C\C/C=C\C/C=C\CCCCCCCCCCCCCCCCCCCCCCCC(=O)OC(COC(=O)CCCCCCCCCCCCCCCCCCCC)COC(OCC[N+](C)(C)C)C(=O)O. The molecule has 0 heterocycles. The average molecular weight is 1130 g/mol. The highest BCUT2D eigenvalue weighted by atomic mass is 16.7. The van der Waals surface area contributed by atoms with Gasteiger partial charge in [0.1, 0.15) is 13.2 Å². The van der Waals surface area contributed by atoms with Gasteiger partial charge in [0.25, 0.3) is 6.29 Å². The predicted octanol–water partition coefficient (Wildman–Crippen LogP) is 20.7. The maximum atomic E-state index is 12.9. The first-order valence-electron chi connectivity index (χ1n) is 34.0. The Labute approximate surface area is 495 Å². The van der Waals surface area contributed by atoms with Gasteiger partial charge in [0.2, 0.25) is 0 Å². The summed E-state index contributed by atoms with van der Waals surface area (Å²) in [5.74, 6) is -1.98. The smallest absolute Gasteiger partial charge is 0.361 e. The molecule has 9 heteroatoms. The highest BCUT2D eigenvalue weighted by Crippen LogP contribution is 2.18. The van der Waals surface area contributed by atoms with Crippen LogP contribution in [0.15, 0.2) is 60.8 Å². The van der Waals surface area contributed by atoms with E-state index in [-0.39, 0.29) is 38.2 Å². The number of rotatable bonds is 63. The van der Waals surface area contributed by atoms with Gasteiger partial charge in [0, 0.05) is 12.8 Å². The molecule has 80 heavy (non-hydrogen) atoms. The molecular weight excluding hydrogens is 995 g/mol. The van der Waals surface area contributed by atoms with Crippen LogP contribution in [0.1, 0.15) is 316 Å². The summed E-state index contributed by atoms with van der Waals surface area (Å²) in [4.78, 5) is 37.5. The van der Waals surface area contributed by atoms with Crippen LogP contribution >= 0.6 is 0 Å². The van der Waals surface area contributed by atoms with Crippen LogP contribution in [0.4, 0.5) is 0 Å². The Morgan fingerprint density at radius 1 is 0.388 bits per heavy atom. The van der Waals surface area contributed by atoms with Crippen LogP contribution in [0, 0.1) is 0 Å². The number of ether oxygens (including phenoxy) is 4. The molecule has 466 valence electrons. The molecule has 0 saturated heterocycles. The molecule has 0 aromatic rings. The number of carboxylic acid groups (broad SMARTS) is 1. The Morgan fingerprint density at radius 2 is 0.713 bits per heavy atom. The van der Waals surface area contributed by atoms with E-state index in [1.54, 1.807) is 0 Å². The van der Waals surface area contributed by atoms with Crippen molar-refractivity contribution in [3.8, 4) is 0 Å². The molecule has 0 amide bonds. The lowest BCUT2D eigenvalue weighted by molar-refractivity contribution is -0.870. The number of hydrogen-bond donors (Lipinski definition) is 1. The monoisotopic (exact) mass is 1120 g/mol. The van der Waals surface area contributed by atoms with Crippen LogP contribution in [0.25, 0.3) is 0 Å². The second kappa shape index (κ2) is 62.0. The van der Waals surface area contributed by atoms with E-state index in [0.717, 1.165) is 70.6 Å². The van der Waals surface area contributed by atoms with Crippen molar-refractivity contribution in [3.63, 3.8) is 0 Å². The number of carbonyl (C=O) groups is 3. The minimum Gasteiger partial charge on any atom is -0.477 e. The summed E-state index contributed by atoms with van der Waals surface area (Å²) >= 11 is 0. The van der Waals surface area contributed by atoms with Crippen LogP contribution in [0.5, 0.6) is 0 Å². The van der Waals surface area contributed by atoms with Gasteiger partial charge in [-0.2, -0.15) is 0 Å². The molecule has 2 unspecified atom stereocenters. The number of allylic oxidation sites excluding steroid dienone is 10. The van der Waals surface area contributed by atoms with Crippen molar-refractivity contribution in [3.05, 3.63) is 60.8 Å². The van der Waals surface area contributed by atoms with Crippen molar-refractivity contribution in [1.82, 2.24) is 0 Å². The summed E-state index contributed by atoms with van der Waals surface area (Å²) in [6, 6.07) is 0. The molecule has 0 radical (unpaired) electrons. The van der Waals surface area contributed by atoms with Gasteiger partial charge in [-0.05, 0) is 57.8 Å². The van der Waals surface area contributed by atoms with E-state index < -0.39 is 18.4 Å². The first-order valence-corrected chi connectivity index (χ1v) is 34.0. The Hall–Kier alpha value is -3.01. The van der Waals surface area contributed by atoms with Crippen molar-refractivity contribution >= 4 is 17.9 Å². The van der Waals surface area contributed by atoms with Crippen LogP contribution < -0.4 is 0 Å². The maximum Gasteiger partial charge on any atom is 0.361 e. The van der Waals surface area contributed by atoms with Crippen LogP contribution in [0.3, 0.4) is 0 Å². The fourth-order valence-electron chi connectivity index (χ4n) is 9.87. The number of likely N-dealkylation sites (N-methyl/N-ethyl adjacent to an activating group) is 1. The molecule has 0 aliphatic carbocycles. The summed E-state index contributed by atoms with van der Waals surface area (Å²) in [5.41, 5.74) is 0. The van der Waals surface area contributed by atoms with E-state index in [9.17, 15) is 19.5 Å². The molecule has 0 aliphatic heterocycles. The molecule has 0 saturated carbocycles. The fourth-order valence-corrected chi connectivity index (χ4v) is 9.87. The van der Waals surface area contributed by atoms with Gasteiger partial charge in [-0.15, -0.1) is 0 Å². The number of aliphatic carboxylic acids is 1. The number of unbranched alkanes of at least 4 members (excludes halogenated alkanes) is 38. The molecule has 0 fully saturated rings. The van der Waals surface area contributed by atoms with E-state index in [1.165, 1.54) is 218 Å². The van der Waals surface area contributed by atoms with Gasteiger partial charge >= 0.3 is 17.9 Å². The van der Waals surface area contributed by atoms with Crippen LogP contribution in [-0.4, -0.2) is 87.4 Å². The molecule has 1 N–H and O–H groups in total. The van der Waals surface area contributed by atoms with Gasteiger partial charge in [-0.3, -0.25) is 9.59 Å². The molecule has 9 nitrogen and oxygen atoms in total. The predicted molar refractivity (Wildman–Crippen MR) is 341 cm³/mol. The zero-order valence-electron chi connectivity index (χ0n) is 53.2. The summed E-state index contributed by atoms with van der Waals surface area (Å²) in [6.45, 7) is 4.82. The maximum absolute atomic E-state index is 12.9. The second-order valence-corrected chi connectivity index (χ2v) is 24.1. The van der Waals surface area contributed by atoms with Crippen LogP contribution in [-0.2, 0) is 33.3 Å². The molecule has 0 aromatic heterocycles. The first kappa shape index (κ1) is 77.0. The van der Waals surface area contributed by atoms with E-state index in [1.807, 2.05) is 21.1 Å². The van der Waals surface area contributed by atoms with Gasteiger partial charge in [-0.25, -0.2) is 4.79 Å². The van der Waals surface area contributed by atoms with E-state index in [2.05, 4.69) is 74.6 Å². The van der Waals surface area contributed by atoms with Gasteiger partial charge < -0.3 is 28.5 Å². The average Bonchev–Trinajstić information content (AvgIpc) is 3.43. The molecule has 2 atom stereocenters. The lowest BCUT2D eigenvalue weighted by Crippen LogP contribution is -2.40. The van der Waals surface area contributed by atoms with Crippen molar-refractivity contribution in [1.29, 1.82) is 0 Å². The van der Waals surface area contributed by atoms with Gasteiger partial charge in [0.15, 0.2) is 6.10 Å². The number of esters is 2. The topological polar surface area (TPSA) is 108 Å². The van der Waals surface area contributed by atoms with Crippen molar-refractivity contribution < 1.29 is 42.9 Å². The highest BCUT2D eigenvalue weighted by molar-refractivity contribution is 5.71. The van der Waals surface area contributed by atoms with Gasteiger partial charge in [0.05, 0.1) is 34.4 Å². The number of carboxylic acids is 1. The quantitative estimate of drug-likeness (QED) is 0.0211.